The summed E-state index contributed by atoms with van der Waals surface area (Å²) in [4.78, 5) is 15.9. The Kier molecular flexibility index (Phi) is 4.66. The molecule has 0 bridgehead atoms. The number of anilines is 1. The van der Waals surface area contributed by atoms with Crippen LogP contribution in [0.5, 0.6) is 0 Å². The van der Waals surface area contributed by atoms with E-state index in [1.54, 1.807) is 13.3 Å². The molecule has 4 atom stereocenters. The average molecular weight is 303 g/mol. The van der Waals surface area contributed by atoms with Gasteiger partial charge in [-0.05, 0) is 6.26 Å². The van der Waals surface area contributed by atoms with E-state index < -0.39 is 24.5 Å². The van der Waals surface area contributed by atoms with Gasteiger partial charge in [0.2, 0.25) is 0 Å². The molecule has 0 spiro atoms. The molecule has 1 aromatic heterocycles. The third-order valence-electron chi connectivity index (χ3n) is 3.07. The van der Waals surface area contributed by atoms with Crippen LogP contribution in [0.1, 0.15) is 0 Å². The van der Waals surface area contributed by atoms with Gasteiger partial charge in [-0.2, -0.15) is 0 Å². The van der Waals surface area contributed by atoms with E-state index in [1.807, 2.05) is 0 Å². The summed E-state index contributed by atoms with van der Waals surface area (Å²) in [5, 5.41) is 32.0. The van der Waals surface area contributed by atoms with Crippen LogP contribution in [0.4, 0.5) is 5.82 Å². The van der Waals surface area contributed by atoms with Crippen LogP contribution >= 0.6 is 11.8 Å². The number of rotatable bonds is 3. The van der Waals surface area contributed by atoms with Crippen LogP contribution in [0, 0.1) is 0 Å². The van der Waals surface area contributed by atoms with Gasteiger partial charge in [0.25, 0.3) is 5.56 Å². The summed E-state index contributed by atoms with van der Waals surface area (Å²) in [5.41, 5.74) is -0.252. The van der Waals surface area contributed by atoms with Gasteiger partial charge in [-0.3, -0.25) is 9.36 Å². The second-order valence-electron chi connectivity index (χ2n) is 4.47. The predicted octanol–water partition coefficient (Wildman–Crippen LogP) is -1.65. The first-order chi connectivity index (χ1) is 9.43. The van der Waals surface area contributed by atoms with Gasteiger partial charge in [-0.25, -0.2) is 4.98 Å². The van der Waals surface area contributed by atoms with Gasteiger partial charge in [0.1, 0.15) is 24.1 Å². The Bertz CT molecular complexity index is 537. The van der Waals surface area contributed by atoms with E-state index in [1.165, 1.54) is 22.4 Å². The van der Waals surface area contributed by atoms with Crippen molar-refractivity contribution in [1.29, 1.82) is 0 Å². The fourth-order valence-electron chi connectivity index (χ4n) is 1.85. The molecule has 2 heterocycles. The Morgan fingerprint density at radius 3 is 2.80 bits per heavy atom. The summed E-state index contributed by atoms with van der Waals surface area (Å²) in [6, 6.07) is 1.27. The number of nitrogens with zero attached hydrogens (tertiary/aromatic N) is 2. The summed E-state index contributed by atoms with van der Waals surface area (Å²) >= 11 is 1.31. The third kappa shape index (κ3) is 2.96. The lowest BCUT2D eigenvalue weighted by Gasteiger charge is -2.35. The highest BCUT2D eigenvalue weighted by Crippen LogP contribution is 2.18. The summed E-state index contributed by atoms with van der Waals surface area (Å²) in [5.74, 6) is 0.241. The zero-order valence-corrected chi connectivity index (χ0v) is 11.9. The highest BCUT2D eigenvalue weighted by molar-refractivity contribution is 7.98. The number of thioether (sulfide) groups is 1. The number of ether oxygens (including phenoxy) is 1. The van der Waals surface area contributed by atoms with Crippen molar-refractivity contribution < 1.29 is 20.1 Å². The maximum atomic E-state index is 11.7. The normalized spacial score (nSPS) is 30.2. The Morgan fingerprint density at radius 1 is 1.45 bits per heavy atom. The summed E-state index contributed by atoms with van der Waals surface area (Å²) < 4.78 is 6.59. The van der Waals surface area contributed by atoms with Crippen molar-refractivity contribution in [1.82, 2.24) is 9.55 Å². The van der Waals surface area contributed by atoms with Gasteiger partial charge in [0, 0.05) is 13.1 Å². The number of hydrogen-bond donors (Lipinski definition) is 4. The maximum Gasteiger partial charge on any atom is 0.255 e. The van der Waals surface area contributed by atoms with Gasteiger partial charge in [-0.15, -0.1) is 0 Å². The molecule has 0 saturated carbocycles. The molecule has 1 aliphatic heterocycles. The van der Waals surface area contributed by atoms with E-state index in [0.29, 0.717) is 5.16 Å². The lowest BCUT2D eigenvalue weighted by Crippen LogP contribution is -2.55. The van der Waals surface area contributed by atoms with Crippen molar-refractivity contribution in [2.45, 2.75) is 29.7 Å². The Balaban J connectivity index is 2.18. The summed E-state index contributed by atoms with van der Waals surface area (Å²) in [6.45, 7) is -0.115. The van der Waals surface area contributed by atoms with Crippen molar-refractivity contribution in [3.8, 4) is 0 Å². The van der Waals surface area contributed by atoms with E-state index in [9.17, 15) is 20.1 Å². The molecule has 8 nitrogen and oxygen atoms in total. The first-order valence-corrected chi connectivity index (χ1v) is 7.21. The Labute approximate surface area is 119 Å². The fraction of sp³-hybridized carbons (Fsp3) is 0.636. The topological polar surface area (TPSA) is 117 Å². The first kappa shape index (κ1) is 15.3. The van der Waals surface area contributed by atoms with Gasteiger partial charge in [0.15, 0.2) is 11.4 Å². The molecular weight excluding hydrogens is 286 g/mol. The molecule has 0 unspecified atom stereocenters. The van der Waals surface area contributed by atoms with Gasteiger partial charge in [0.05, 0.1) is 6.61 Å². The summed E-state index contributed by atoms with van der Waals surface area (Å²) in [7, 11) is 1.61. The maximum absolute atomic E-state index is 11.7. The highest BCUT2D eigenvalue weighted by Gasteiger charge is 2.37. The van der Waals surface area contributed by atoms with Gasteiger partial charge in [-0.1, -0.05) is 11.8 Å². The van der Waals surface area contributed by atoms with Gasteiger partial charge >= 0.3 is 0 Å². The van der Waals surface area contributed by atoms with Crippen LogP contribution in [0.15, 0.2) is 16.0 Å². The SMILES string of the molecule is CSc1nc(N[C@@H]2OC[C@@H](O)[C@@H](O)[C@@H]2O)cc(=O)n1C. The minimum absolute atomic E-state index is 0.115. The fourth-order valence-corrected chi connectivity index (χ4v) is 2.41. The molecule has 0 aliphatic carbocycles. The van der Waals surface area contributed by atoms with Crippen LogP contribution in [-0.2, 0) is 11.8 Å². The van der Waals surface area contributed by atoms with Crippen molar-refractivity contribution >= 4 is 17.6 Å². The lowest BCUT2D eigenvalue weighted by atomic mass is 10.0. The standard InChI is InChI=1S/C11H17N3O5S/c1-14-7(16)3-6(13-11(14)20-2)12-10-9(18)8(17)5(15)4-19-10/h3,5,8-10,12,15,17-18H,4H2,1-2H3/t5-,8-,9+,10-/m1/s1. The number of aliphatic hydroxyl groups excluding tert-OH is 3. The largest absolute Gasteiger partial charge is 0.388 e. The molecule has 0 radical (unpaired) electrons. The number of aliphatic hydroxyl groups is 3. The molecule has 1 aliphatic rings. The molecule has 0 aromatic carbocycles. The highest BCUT2D eigenvalue weighted by atomic mass is 32.2. The smallest absolute Gasteiger partial charge is 0.255 e. The van der Waals surface area contributed by atoms with Crippen molar-refractivity contribution in [3.05, 3.63) is 16.4 Å². The molecule has 112 valence electrons. The van der Waals surface area contributed by atoms with Crippen molar-refractivity contribution in [2.75, 3.05) is 18.2 Å². The van der Waals surface area contributed by atoms with Gasteiger partial charge < -0.3 is 25.4 Å². The minimum atomic E-state index is -1.32. The second-order valence-corrected chi connectivity index (χ2v) is 5.25. The molecule has 4 N–H and O–H groups in total. The first-order valence-electron chi connectivity index (χ1n) is 5.98. The van der Waals surface area contributed by atoms with Crippen LogP contribution in [0.25, 0.3) is 0 Å². The van der Waals surface area contributed by atoms with Crippen LogP contribution < -0.4 is 10.9 Å². The molecular formula is C11H17N3O5S. The molecule has 20 heavy (non-hydrogen) atoms. The average Bonchev–Trinajstić information content (AvgIpc) is 2.43. The van der Waals surface area contributed by atoms with E-state index in [0.717, 1.165) is 0 Å². The lowest BCUT2D eigenvalue weighted by molar-refractivity contribution is -0.178. The van der Waals surface area contributed by atoms with E-state index in [-0.39, 0.29) is 18.0 Å². The van der Waals surface area contributed by atoms with Crippen molar-refractivity contribution in [3.63, 3.8) is 0 Å². The minimum Gasteiger partial charge on any atom is -0.388 e. The predicted molar refractivity (Wildman–Crippen MR) is 72.6 cm³/mol. The Morgan fingerprint density at radius 2 is 2.15 bits per heavy atom. The molecule has 0 amide bonds. The van der Waals surface area contributed by atoms with E-state index >= 15 is 0 Å². The second kappa shape index (κ2) is 6.10. The van der Waals surface area contributed by atoms with Crippen LogP contribution in [0.2, 0.25) is 0 Å². The van der Waals surface area contributed by atoms with E-state index in [4.69, 9.17) is 4.74 Å². The third-order valence-corrected chi connectivity index (χ3v) is 3.80. The zero-order valence-electron chi connectivity index (χ0n) is 11.1. The van der Waals surface area contributed by atoms with Crippen LogP contribution in [0.3, 0.4) is 0 Å². The quantitative estimate of drug-likeness (QED) is 0.388. The number of hydrogen-bond acceptors (Lipinski definition) is 8. The molecule has 2 rings (SSSR count). The Hall–Kier alpha value is -1.13. The van der Waals surface area contributed by atoms with E-state index in [2.05, 4.69) is 10.3 Å². The molecule has 1 saturated heterocycles. The zero-order chi connectivity index (χ0) is 14.9. The number of nitrogens with one attached hydrogen (secondary N) is 1. The number of aromatic nitrogens is 2. The molecule has 1 fully saturated rings. The van der Waals surface area contributed by atoms with Crippen LogP contribution in [-0.4, -0.2) is 62.3 Å². The van der Waals surface area contributed by atoms with Crippen molar-refractivity contribution in [2.24, 2.45) is 7.05 Å². The molecule has 1 aromatic rings. The molecule has 9 heteroatoms. The monoisotopic (exact) mass is 303 g/mol. The summed E-state index contributed by atoms with van der Waals surface area (Å²) in [6.07, 6.45) is -2.92.